The summed E-state index contributed by atoms with van der Waals surface area (Å²) in [6.45, 7) is 1.58. The van der Waals surface area contributed by atoms with Crippen molar-refractivity contribution < 1.29 is 9.78 Å². The number of nitrogens with one attached hydrogen (secondary N) is 1. The fraction of sp³-hybridized carbons (Fsp3) is 0.267. The first-order valence-electron chi connectivity index (χ1n) is 6.51. The largest absolute Gasteiger partial charge is 0.336 e. The Morgan fingerprint density at radius 1 is 1.32 bits per heavy atom. The number of aromatic amines is 1. The first kappa shape index (κ1) is 11.8. The van der Waals surface area contributed by atoms with E-state index < -0.39 is 0 Å². The number of hydrogen-bond acceptors (Lipinski definition) is 2. The molecule has 19 heavy (non-hydrogen) atoms. The van der Waals surface area contributed by atoms with Crippen molar-refractivity contribution in [2.24, 2.45) is 0 Å². The van der Waals surface area contributed by atoms with Crippen LogP contribution in [0.1, 0.15) is 28.4 Å². The number of carbonyl (C=O) groups is 1. The Morgan fingerprint density at radius 3 is 2.89 bits per heavy atom. The molecule has 1 atom stereocenters. The highest BCUT2D eigenvalue weighted by Crippen LogP contribution is 2.27. The number of benzene rings is 1. The molecule has 1 aromatic carbocycles. The van der Waals surface area contributed by atoms with Gasteiger partial charge in [-0.2, -0.15) is 0 Å². The molecule has 1 aliphatic rings. The predicted octanol–water partition coefficient (Wildman–Crippen LogP) is 1.53. The van der Waals surface area contributed by atoms with Crippen molar-refractivity contribution in [2.75, 3.05) is 13.1 Å². The van der Waals surface area contributed by atoms with Gasteiger partial charge in [0.2, 0.25) is 0 Å². The zero-order valence-electron chi connectivity index (χ0n) is 10.6. The predicted molar refractivity (Wildman–Crippen MR) is 70.5 cm³/mol. The lowest BCUT2D eigenvalue weighted by Gasteiger charge is -2.15. The van der Waals surface area contributed by atoms with Crippen molar-refractivity contribution in [2.45, 2.75) is 12.3 Å². The molecule has 0 spiro atoms. The molecule has 1 saturated heterocycles. The van der Waals surface area contributed by atoms with Crippen LogP contribution in [0.4, 0.5) is 0 Å². The first-order chi connectivity index (χ1) is 9.34. The summed E-state index contributed by atoms with van der Waals surface area (Å²) in [5, 5.41) is 0. The topological polar surface area (TPSA) is 47.3 Å². The molecule has 2 heterocycles. The Kier molecular flexibility index (Phi) is 3.23. The minimum absolute atomic E-state index is 0.00952. The maximum Gasteiger partial charge on any atom is 0.278 e. The number of rotatable bonds is 2. The summed E-state index contributed by atoms with van der Waals surface area (Å²) in [7, 11) is 0. The van der Waals surface area contributed by atoms with E-state index in [9.17, 15) is 4.79 Å². The van der Waals surface area contributed by atoms with Crippen LogP contribution >= 0.6 is 0 Å². The molecule has 96 valence electrons. The number of nitrogens with zero attached hydrogens (tertiary/aromatic N) is 2. The van der Waals surface area contributed by atoms with Gasteiger partial charge in [-0.15, -0.1) is 0 Å². The lowest BCUT2D eigenvalue weighted by molar-refractivity contribution is -0.379. The van der Waals surface area contributed by atoms with E-state index in [2.05, 4.69) is 22.1 Å². The van der Waals surface area contributed by atoms with Gasteiger partial charge in [-0.3, -0.25) is 4.79 Å². The van der Waals surface area contributed by atoms with Crippen LogP contribution in [-0.2, 0) is 0 Å². The van der Waals surface area contributed by atoms with E-state index >= 15 is 0 Å². The molecule has 1 fully saturated rings. The van der Waals surface area contributed by atoms with Crippen LogP contribution in [0.5, 0.6) is 0 Å². The van der Waals surface area contributed by atoms with E-state index in [0.717, 1.165) is 19.5 Å². The van der Waals surface area contributed by atoms with Crippen molar-refractivity contribution in [1.29, 1.82) is 0 Å². The average molecular weight is 254 g/mol. The zero-order valence-corrected chi connectivity index (χ0v) is 10.6. The van der Waals surface area contributed by atoms with Crippen LogP contribution in [-0.4, -0.2) is 28.9 Å². The van der Waals surface area contributed by atoms with Crippen LogP contribution in [0.2, 0.25) is 0 Å². The number of likely N-dealkylation sites (tertiary alicyclic amines) is 1. The normalized spacial score (nSPS) is 18.5. The number of H-pyrrole nitrogens is 1. The van der Waals surface area contributed by atoms with Crippen molar-refractivity contribution >= 4 is 5.91 Å². The third-order valence-corrected chi connectivity index (χ3v) is 3.57. The van der Waals surface area contributed by atoms with Crippen LogP contribution in [0.25, 0.3) is 0 Å². The van der Waals surface area contributed by atoms with E-state index in [1.54, 1.807) is 18.6 Å². The number of hydrogen-bond donors (Lipinski definition) is 0. The van der Waals surface area contributed by atoms with E-state index in [1.165, 1.54) is 5.56 Å². The van der Waals surface area contributed by atoms with Gasteiger partial charge >= 0.3 is 0 Å². The van der Waals surface area contributed by atoms with Gasteiger partial charge in [0, 0.05) is 19.0 Å². The molecule has 4 nitrogen and oxygen atoms in total. The smallest absolute Gasteiger partial charge is 0.278 e. The van der Waals surface area contributed by atoms with Gasteiger partial charge in [0.05, 0.1) is 6.20 Å². The van der Waals surface area contributed by atoms with Crippen LogP contribution in [0.3, 0.4) is 0 Å². The monoisotopic (exact) mass is 254 g/mol. The van der Waals surface area contributed by atoms with Crippen molar-refractivity contribution in [3.05, 3.63) is 60.2 Å². The molecular weight excluding hydrogens is 238 g/mol. The third kappa shape index (κ3) is 2.47. The second-order valence-electron chi connectivity index (χ2n) is 4.79. The molecule has 3 rings (SSSR count). The minimum Gasteiger partial charge on any atom is -0.336 e. The summed E-state index contributed by atoms with van der Waals surface area (Å²) >= 11 is 0. The highest BCUT2D eigenvalue weighted by molar-refractivity contribution is 5.92. The Bertz CT molecular complexity index is 556. The van der Waals surface area contributed by atoms with Crippen LogP contribution < -0.4 is 4.98 Å². The number of aromatic nitrogens is 2. The van der Waals surface area contributed by atoms with E-state index in [1.807, 2.05) is 23.1 Å². The van der Waals surface area contributed by atoms with Gasteiger partial charge in [0.25, 0.3) is 5.91 Å². The molecular formula is C15H16N3O+. The summed E-state index contributed by atoms with van der Waals surface area (Å²) in [6.07, 6.45) is 5.98. The highest BCUT2D eigenvalue weighted by atomic mass is 16.2. The molecule has 1 amide bonds. The van der Waals surface area contributed by atoms with Gasteiger partial charge in [0.1, 0.15) is 0 Å². The second-order valence-corrected chi connectivity index (χ2v) is 4.79. The molecule has 2 aromatic rings. The van der Waals surface area contributed by atoms with Gasteiger partial charge in [-0.1, -0.05) is 30.3 Å². The summed E-state index contributed by atoms with van der Waals surface area (Å²) in [6, 6.07) is 10.4. The summed E-state index contributed by atoms with van der Waals surface area (Å²) < 4.78 is 0. The van der Waals surface area contributed by atoms with E-state index in [-0.39, 0.29) is 5.91 Å². The summed E-state index contributed by atoms with van der Waals surface area (Å²) in [4.78, 5) is 21.1. The lowest BCUT2D eigenvalue weighted by atomic mass is 9.99. The van der Waals surface area contributed by atoms with E-state index in [4.69, 9.17) is 0 Å². The fourth-order valence-corrected chi connectivity index (χ4v) is 2.55. The molecule has 0 unspecified atom stereocenters. The van der Waals surface area contributed by atoms with Crippen molar-refractivity contribution in [3.63, 3.8) is 0 Å². The number of amides is 1. The molecule has 1 aliphatic heterocycles. The highest BCUT2D eigenvalue weighted by Gasteiger charge is 2.29. The average Bonchev–Trinajstić information content (AvgIpc) is 2.98. The molecule has 1 aromatic heterocycles. The molecule has 0 radical (unpaired) electrons. The zero-order chi connectivity index (χ0) is 13.1. The van der Waals surface area contributed by atoms with Crippen molar-refractivity contribution in [1.82, 2.24) is 9.88 Å². The van der Waals surface area contributed by atoms with Gasteiger partial charge in [-0.05, 0) is 12.0 Å². The maximum atomic E-state index is 12.3. The molecule has 0 aliphatic carbocycles. The summed E-state index contributed by atoms with van der Waals surface area (Å²) in [5.74, 6) is 0.452. The minimum atomic E-state index is 0.00952. The maximum absolute atomic E-state index is 12.3. The Balaban J connectivity index is 1.71. The van der Waals surface area contributed by atoms with Gasteiger partial charge < -0.3 is 4.90 Å². The Labute approximate surface area is 112 Å². The third-order valence-electron chi connectivity index (χ3n) is 3.57. The van der Waals surface area contributed by atoms with Crippen molar-refractivity contribution in [3.8, 4) is 0 Å². The molecule has 0 bridgehead atoms. The lowest BCUT2D eigenvalue weighted by Crippen LogP contribution is -2.30. The Morgan fingerprint density at radius 2 is 2.16 bits per heavy atom. The Hall–Kier alpha value is -2.23. The van der Waals surface area contributed by atoms with E-state index in [0.29, 0.717) is 11.6 Å². The van der Waals surface area contributed by atoms with Crippen LogP contribution in [0.15, 0.2) is 48.9 Å². The van der Waals surface area contributed by atoms with Gasteiger partial charge in [-0.25, -0.2) is 9.97 Å². The second kappa shape index (κ2) is 5.18. The molecule has 1 N–H and O–H groups in total. The van der Waals surface area contributed by atoms with Gasteiger partial charge in [0.15, 0.2) is 18.1 Å². The fourth-order valence-electron chi connectivity index (χ4n) is 2.55. The molecule has 4 heteroatoms. The molecule has 0 saturated carbocycles. The SMILES string of the molecule is O=C(c1c[nH+]ccn1)N1CC[C@@H](c2ccccc2)C1. The van der Waals surface area contributed by atoms with Crippen LogP contribution in [0, 0.1) is 0 Å². The number of carbonyl (C=O) groups excluding carboxylic acids is 1. The first-order valence-corrected chi connectivity index (χ1v) is 6.51. The quantitative estimate of drug-likeness (QED) is 0.816. The summed E-state index contributed by atoms with van der Waals surface area (Å²) in [5.41, 5.74) is 1.79. The standard InChI is InChI=1S/C15H15N3O/c19-15(14-10-16-7-8-17-14)18-9-6-13(11-18)12-4-2-1-3-5-12/h1-5,7-8,10,13H,6,9,11H2/p+1/t13-/m1/s1.